The van der Waals surface area contributed by atoms with E-state index in [1.165, 1.54) is 35.9 Å². The van der Waals surface area contributed by atoms with Gasteiger partial charge in [0.15, 0.2) is 5.82 Å². The summed E-state index contributed by atoms with van der Waals surface area (Å²) in [6.07, 6.45) is 9.84. The van der Waals surface area contributed by atoms with Crippen LogP contribution in [0, 0.1) is 0 Å². The van der Waals surface area contributed by atoms with E-state index in [0.29, 0.717) is 0 Å². The van der Waals surface area contributed by atoms with Gasteiger partial charge in [0.25, 0.3) is 0 Å². The molecular weight excluding hydrogens is 344 g/mol. The standard InChI is InChI=1S/C19H24N6S/c1-2-13-11-14-17(20-12-21-19(14)26-13)24-9-5-3-7-15(24)18-23-22-16-8-4-6-10-25(16)18/h11-12,15H,2-10H2,1H3. The van der Waals surface area contributed by atoms with Gasteiger partial charge in [-0.1, -0.05) is 6.92 Å². The molecule has 0 N–H and O–H groups in total. The summed E-state index contributed by atoms with van der Waals surface area (Å²) in [6.45, 7) is 4.28. The summed E-state index contributed by atoms with van der Waals surface area (Å²) >= 11 is 1.79. The Kier molecular flexibility index (Phi) is 4.11. The van der Waals surface area contributed by atoms with E-state index in [1.807, 2.05) is 0 Å². The Balaban J connectivity index is 1.59. The first kappa shape index (κ1) is 16.2. The topological polar surface area (TPSA) is 59.7 Å². The Morgan fingerprint density at radius 2 is 2.04 bits per heavy atom. The molecule has 0 aliphatic carbocycles. The Bertz CT molecular complexity index is 929. The van der Waals surface area contributed by atoms with Gasteiger partial charge in [-0.15, -0.1) is 21.5 Å². The zero-order valence-corrected chi connectivity index (χ0v) is 16.0. The van der Waals surface area contributed by atoms with Crippen LogP contribution in [0.25, 0.3) is 10.2 Å². The predicted molar refractivity (Wildman–Crippen MR) is 104 cm³/mol. The molecule has 2 aliphatic heterocycles. The minimum absolute atomic E-state index is 0.270. The second kappa shape index (κ2) is 6.61. The van der Waals surface area contributed by atoms with Crippen molar-refractivity contribution in [2.24, 2.45) is 0 Å². The first-order valence-electron chi connectivity index (χ1n) is 9.77. The highest BCUT2D eigenvalue weighted by Gasteiger charge is 2.32. The van der Waals surface area contributed by atoms with Crippen LogP contribution in [0.1, 0.15) is 61.6 Å². The maximum absolute atomic E-state index is 4.71. The number of nitrogens with zero attached hydrogens (tertiary/aromatic N) is 6. The van der Waals surface area contributed by atoms with Crippen LogP contribution in [0.5, 0.6) is 0 Å². The SMILES string of the molecule is CCc1cc2c(N3CCCCC3c3nnc4n3CCCC4)ncnc2s1. The van der Waals surface area contributed by atoms with Crippen LogP contribution >= 0.6 is 11.3 Å². The van der Waals surface area contributed by atoms with Crippen LogP contribution in [0.15, 0.2) is 12.4 Å². The fourth-order valence-electron chi connectivity index (χ4n) is 4.33. The number of hydrogen-bond donors (Lipinski definition) is 0. The molecule has 3 aromatic rings. The molecule has 5 rings (SSSR count). The van der Waals surface area contributed by atoms with Gasteiger partial charge < -0.3 is 9.47 Å². The third-order valence-electron chi connectivity index (χ3n) is 5.67. The number of piperidine rings is 1. The number of aromatic nitrogens is 5. The van der Waals surface area contributed by atoms with Gasteiger partial charge in [0.05, 0.1) is 11.4 Å². The molecule has 7 heteroatoms. The van der Waals surface area contributed by atoms with Crippen molar-refractivity contribution in [3.8, 4) is 0 Å². The summed E-state index contributed by atoms with van der Waals surface area (Å²) in [5.74, 6) is 3.37. The molecule has 5 heterocycles. The molecule has 0 aromatic carbocycles. The summed E-state index contributed by atoms with van der Waals surface area (Å²) in [5.41, 5.74) is 0. The van der Waals surface area contributed by atoms with Gasteiger partial charge in [-0.05, 0) is 44.6 Å². The molecule has 136 valence electrons. The van der Waals surface area contributed by atoms with E-state index in [4.69, 9.17) is 4.98 Å². The lowest BCUT2D eigenvalue weighted by Crippen LogP contribution is -2.36. The number of fused-ring (bicyclic) bond motifs is 2. The Labute approximate surface area is 157 Å². The van der Waals surface area contributed by atoms with Crippen molar-refractivity contribution < 1.29 is 0 Å². The van der Waals surface area contributed by atoms with Crippen LogP contribution in [-0.4, -0.2) is 31.3 Å². The number of aryl methyl sites for hydroxylation is 2. The van der Waals surface area contributed by atoms with E-state index in [2.05, 4.69) is 37.6 Å². The monoisotopic (exact) mass is 368 g/mol. The highest BCUT2D eigenvalue weighted by Crippen LogP contribution is 2.38. The summed E-state index contributed by atoms with van der Waals surface area (Å²) in [5, 5.41) is 10.3. The largest absolute Gasteiger partial charge is 0.346 e. The molecule has 6 nitrogen and oxygen atoms in total. The second-order valence-corrected chi connectivity index (χ2v) is 8.39. The fraction of sp³-hybridized carbons (Fsp3) is 0.579. The molecule has 0 spiro atoms. The van der Waals surface area contributed by atoms with Gasteiger partial charge in [-0.2, -0.15) is 0 Å². The molecule has 1 unspecified atom stereocenters. The van der Waals surface area contributed by atoms with E-state index in [9.17, 15) is 0 Å². The minimum Gasteiger partial charge on any atom is -0.346 e. The summed E-state index contributed by atoms with van der Waals surface area (Å²) in [7, 11) is 0. The van der Waals surface area contributed by atoms with E-state index in [1.54, 1.807) is 17.7 Å². The molecule has 3 aromatic heterocycles. The summed E-state index contributed by atoms with van der Waals surface area (Å²) in [4.78, 5) is 14.2. The molecule has 26 heavy (non-hydrogen) atoms. The average Bonchev–Trinajstić information content (AvgIpc) is 3.31. The van der Waals surface area contributed by atoms with E-state index in [0.717, 1.165) is 54.6 Å². The lowest BCUT2D eigenvalue weighted by atomic mass is 10.0. The van der Waals surface area contributed by atoms with E-state index < -0.39 is 0 Å². The van der Waals surface area contributed by atoms with E-state index in [-0.39, 0.29) is 6.04 Å². The second-order valence-electron chi connectivity index (χ2n) is 7.27. The third-order valence-corrected chi connectivity index (χ3v) is 6.86. The van der Waals surface area contributed by atoms with Gasteiger partial charge in [0.2, 0.25) is 0 Å². The lowest BCUT2D eigenvalue weighted by Gasteiger charge is -2.36. The maximum atomic E-state index is 4.71. The van der Waals surface area contributed by atoms with Gasteiger partial charge in [0, 0.05) is 24.4 Å². The quantitative estimate of drug-likeness (QED) is 0.701. The van der Waals surface area contributed by atoms with Crippen LogP contribution in [0.3, 0.4) is 0 Å². The van der Waals surface area contributed by atoms with Crippen molar-refractivity contribution in [2.45, 2.75) is 64.5 Å². The van der Waals surface area contributed by atoms with Gasteiger partial charge in [-0.3, -0.25) is 0 Å². The van der Waals surface area contributed by atoms with Gasteiger partial charge in [-0.25, -0.2) is 9.97 Å². The van der Waals surface area contributed by atoms with E-state index >= 15 is 0 Å². The van der Waals surface area contributed by atoms with Crippen molar-refractivity contribution >= 4 is 27.4 Å². The van der Waals surface area contributed by atoms with Crippen molar-refractivity contribution in [3.05, 3.63) is 28.9 Å². The molecule has 1 atom stereocenters. The number of thiophene rings is 1. The fourth-order valence-corrected chi connectivity index (χ4v) is 5.26. The number of hydrogen-bond acceptors (Lipinski definition) is 6. The smallest absolute Gasteiger partial charge is 0.155 e. The highest BCUT2D eigenvalue weighted by molar-refractivity contribution is 7.18. The Morgan fingerprint density at radius 1 is 1.12 bits per heavy atom. The number of anilines is 1. The summed E-state index contributed by atoms with van der Waals surface area (Å²) in [6, 6.07) is 2.55. The zero-order chi connectivity index (χ0) is 17.5. The van der Waals surface area contributed by atoms with Crippen molar-refractivity contribution in [2.75, 3.05) is 11.4 Å². The minimum atomic E-state index is 0.270. The van der Waals surface area contributed by atoms with Crippen LogP contribution in [0.2, 0.25) is 0 Å². The Morgan fingerprint density at radius 3 is 2.96 bits per heavy atom. The average molecular weight is 369 g/mol. The molecule has 0 bridgehead atoms. The van der Waals surface area contributed by atoms with Gasteiger partial charge >= 0.3 is 0 Å². The Hall–Kier alpha value is -2.02. The molecule has 0 saturated carbocycles. The van der Waals surface area contributed by atoms with Crippen molar-refractivity contribution in [1.82, 2.24) is 24.7 Å². The maximum Gasteiger partial charge on any atom is 0.155 e. The first-order valence-corrected chi connectivity index (χ1v) is 10.6. The number of rotatable bonds is 3. The first-order chi connectivity index (χ1) is 12.8. The highest BCUT2D eigenvalue weighted by atomic mass is 32.1. The third kappa shape index (κ3) is 2.60. The van der Waals surface area contributed by atoms with Crippen LogP contribution < -0.4 is 4.90 Å². The lowest BCUT2D eigenvalue weighted by molar-refractivity contribution is 0.421. The summed E-state index contributed by atoms with van der Waals surface area (Å²) < 4.78 is 2.37. The van der Waals surface area contributed by atoms with Crippen molar-refractivity contribution in [3.63, 3.8) is 0 Å². The normalized spacial score (nSPS) is 20.5. The molecule has 0 radical (unpaired) electrons. The zero-order valence-electron chi connectivity index (χ0n) is 15.2. The van der Waals surface area contributed by atoms with Gasteiger partial charge in [0.1, 0.15) is 22.8 Å². The molecular formula is C19H24N6S. The molecule has 1 saturated heterocycles. The van der Waals surface area contributed by atoms with Crippen LogP contribution in [0.4, 0.5) is 5.82 Å². The molecule has 2 aliphatic rings. The molecule has 0 amide bonds. The predicted octanol–water partition coefficient (Wildman–Crippen LogP) is 3.91. The molecule has 1 fully saturated rings. The van der Waals surface area contributed by atoms with Crippen LogP contribution in [-0.2, 0) is 19.4 Å². The van der Waals surface area contributed by atoms with Crippen molar-refractivity contribution in [1.29, 1.82) is 0 Å².